The van der Waals surface area contributed by atoms with Crippen LogP contribution in [0.15, 0.2) is 59.7 Å². The maximum Gasteiger partial charge on any atom is 0.259 e. The van der Waals surface area contributed by atoms with Gasteiger partial charge in [0.15, 0.2) is 12.0 Å². The molecule has 0 spiro atoms. The van der Waals surface area contributed by atoms with Crippen molar-refractivity contribution in [2.24, 2.45) is 0 Å². The number of nitrogens with one attached hydrogen (secondary N) is 1. The fourth-order valence-electron chi connectivity index (χ4n) is 2.78. The number of fused-ring (bicyclic) bond motifs is 1. The Kier molecular flexibility index (Phi) is 3.89. The summed E-state index contributed by atoms with van der Waals surface area (Å²) in [7, 11) is 1.59. The van der Waals surface area contributed by atoms with Crippen molar-refractivity contribution in [3.63, 3.8) is 0 Å². The largest absolute Gasteiger partial charge is 0.482 e. The van der Waals surface area contributed by atoms with Crippen LogP contribution < -0.4 is 10.1 Å². The Morgan fingerprint density at radius 3 is 2.73 bits per heavy atom. The van der Waals surface area contributed by atoms with Gasteiger partial charge in [-0.1, -0.05) is 12.1 Å². The van der Waals surface area contributed by atoms with Crippen LogP contribution in [-0.4, -0.2) is 27.4 Å². The van der Waals surface area contributed by atoms with E-state index >= 15 is 0 Å². The van der Waals surface area contributed by atoms with Crippen LogP contribution in [0, 0.1) is 6.92 Å². The molecule has 0 aliphatic heterocycles. The van der Waals surface area contributed by atoms with Gasteiger partial charge < -0.3 is 14.5 Å². The monoisotopic (exact) mass is 348 g/mol. The Balaban J connectivity index is 1.60. The summed E-state index contributed by atoms with van der Waals surface area (Å²) in [6.07, 6.45) is 4.72. The van der Waals surface area contributed by atoms with Gasteiger partial charge >= 0.3 is 0 Å². The second-order valence-corrected chi connectivity index (χ2v) is 5.77. The highest BCUT2D eigenvalue weighted by Gasteiger charge is 2.15. The Morgan fingerprint density at radius 1 is 1.23 bits per heavy atom. The third-order valence-corrected chi connectivity index (χ3v) is 4.04. The molecule has 130 valence electrons. The Labute approximate surface area is 149 Å². The first-order valence-electron chi connectivity index (χ1n) is 7.98. The first-order chi connectivity index (χ1) is 12.7. The number of oxazole rings is 1. The number of amides is 1. The van der Waals surface area contributed by atoms with Crippen LogP contribution >= 0.6 is 0 Å². The fourth-order valence-corrected chi connectivity index (χ4v) is 2.78. The maximum absolute atomic E-state index is 12.7. The standard InChI is InChI=1S/C19H16N4O3/c1-12-9-17(25-2)23-8-7-15(18(23)21-12)19(24)22-14-5-3-13(4-6-14)16-10-26-11-20-16/h3-11H,1-2H3,(H,22,24). The Bertz CT molecular complexity index is 1070. The number of rotatable bonds is 4. The maximum atomic E-state index is 12.7. The molecule has 0 bridgehead atoms. The molecule has 3 heterocycles. The van der Waals surface area contributed by atoms with E-state index in [4.69, 9.17) is 9.15 Å². The van der Waals surface area contributed by atoms with Crippen LogP contribution in [0.25, 0.3) is 16.9 Å². The van der Waals surface area contributed by atoms with E-state index in [0.29, 0.717) is 22.8 Å². The summed E-state index contributed by atoms with van der Waals surface area (Å²) in [4.78, 5) is 21.2. The van der Waals surface area contributed by atoms with Crippen molar-refractivity contribution in [1.29, 1.82) is 0 Å². The number of hydrogen-bond donors (Lipinski definition) is 1. The molecule has 0 saturated heterocycles. The molecule has 0 aliphatic rings. The zero-order valence-electron chi connectivity index (χ0n) is 14.3. The molecular formula is C19H16N4O3. The van der Waals surface area contributed by atoms with Crippen molar-refractivity contribution in [2.45, 2.75) is 6.92 Å². The third-order valence-electron chi connectivity index (χ3n) is 4.04. The lowest BCUT2D eigenvalue weighted by molar-refractivity contribution is 0.102. The molecular weight excluding hydrogens is 332 g/mol. The van der Waals surface area contributed by atoms with Crippen LogP contribution in [0.3, 0.4) is 0 Å². The van der Waals surface area contributed by atoms with E-state index in [2.05, 4.69) is 15.3 Å². The van der Waals surface area contributed by atoms with Gasteiger partial charge in [0.1, 0.15) is 12.0 Å². The number of benzene rings is 1. The SMILES string of the molecule is COc1cc(C)nc2c(C(=O)Nc3ccc(-c4cocn4)cc3)ccn12. The predicted octanol–water partition coefficient (Wildman–Crippen LogP) is 3.56. The third kappa shape index (κ3) is 2.79. The Hall–Kier alpha value is -3.61. The molecule has 1 amide bonds. The van der Waals surface area contributed by atoms with Gasteiger partial charge in [0.25, 0.3) is 5.91 Å². The number of hydrogen-bond acceptors (Lipinski definition) is 5. The van der Waals surface area contributed by atoms with Crippen LogP contribution in [0.1, 0.15) is 16.1 Å². The second-order valence-electron chi connectivity index (χ2n) is 5.77. The van der Waals surface area contributed by atoms with E-state index in [-0.39, 0.29) is 5.91 Å². The van der Waals surface area contributed by atoms with Crippen LogP contribution in [0.4, 0.5) is 5.69 Å². The van der Waals surface area contributed by atoms with Crippen LogP contribution in [0.2, 0.25) is 0 Å². The van der Waals surface area contributed by atoms with Crippen molar-refractivity contribution in [1.82, 2.24) is 14.4 Å². The molecule has 0 aliphatic carbocycles. The van der Waals surface area contributed by atoms with Crippen molar-refractivity contribution >= 4 is 17.2 Å². The van der Waals surface area contributed by atoms with E-state index in [1.165, 1.54) is 6.39 Å². The highest BCUT2D eigenvalue weighted by atomic mass is 16.5. The minimum Gasteiger partial charge on any atom is -0.482 e. The summed E-state index contributed by atoms with van der Waals surface area (Å²) in [5.74, 6) is 0.394. The molecule has 26 heavy (non-hydrogen) atoms. The first kappa shape index (κ1) is 15.9. The minimum atomic E-state index is -0.234. The molecule has 1 aromatic carbocycles. The summed E-state index contributed by atoms with van der Waals surface area (Å²) in [5, 5.41) is 2.89. The van der Waals surface area contributed by atoms with E-state index < -0.39 is 0 Å². The lowest BCUT2D eigenvalue weighted by Crippen LogP contribution is -2.12. The zero-order chi connectivity index (χ0) is 18.1. The number of methoxy groups -OCH3 is 1. The minimum absolute atomic E-state index is 0.234. The summed E-state index contributed by atoms with van der Waals surface area (Å²) in [6, 6.07) is 10.9. The van der Waals surface area contributed by atoms with Crippen molar-refractivity contribution in [3.8, 4) is 17.1 Å². The van der Waals surface area contributed by atoms with E-state index in [0.717, 1.165) is 17.0 Å². The summed E-state index contributed by atoms with van der Waals surface area (Å²) >= 11 is 0. The second kappa shape index (κ2) is 6.36. The van der Waals surface area contributed by atoms with Gasteiger partial charge in [0, 0.05) is 29.2 Å². The zero-order valence-corrected chi connectivity index (χ0v) is 14.3. The molecule has 1 N–H and O–H groups in total. The van der Waals surface area contributed by atoms with E-state index in [1.807, 2.05) is 37.3 Å². The molecule has 0 radical (unpaired) electrons. The average molecular weight is 348 g/mol. The number of aryl methyl sites for hydroxylation is 1. The molecule has 0 unspecified atom stereocenters. The number of aromatic nitrogens is 3. The van der Waals surface area contributed by atoms with Crippen molar-refractivity contribution < 1.29 is 13.9 Å². The molecule has 4 aromatic rings. The highest BCUT2D eigenvalue weighted by molar-refractivity contribution is 6.08. The van der Waals surface area contributed by atoms with Gasteiger partial charge in [-0.2, -0.15) is 0 Å². The quantitative estimate of drug-likeness (QED) is 0.610. The highest BCUT2D eigenvalue weighted by Crippen LogP contribution is 2.22. The summed E-state index contributed by atoms with van der Waals surface area (Å²) < 4.78 is 12.1. The lowest BCUT2D eigenvalue weighted by Gasteiger charge is -2.07. The van der Waals surface area contributed by atoms with Crippen LogP contribution in [0.5, 0.6) is 5.88 Å². The first-order valence-corrected chi connectivity index (χ1v) is 7.98. The van der Waals surface area contributed by atoms with Crippen LogP contribution in [-0.2, 0) is 0 Å². The molecule has 3 aromatic heterocycles. The van der Waals surface area contributed by atoms with E-state index in [1.54, 1.807) is 30.0 Å². The Morgan fingerprint density at radius 2 is 2.04 bits per heavy atom. The van der Waals surface area contributed by atoms with Gasteiger partial charge in [-0.05, 0) is 25.1 Å². The number of carbonyl (C=O) groups is 1. The van der Waals surface area contributed by atoms with Crippen molar-refractivity contribution in [2.75, 3.05) is 12.4 Å². The summed E-state index contributed by atoms with van der Waals surface area (Å²) in [6.45, 7) is 1.86. The average Bonchev–Trinajstić information content (AvgIpc) is 3.31. The van der Waals surface area contributed by atoms with Gasteiger partial charge in [0.05, 0.1) is 12.7 Å². The molecule has 4 rings (SSSR count). The van der Waals surface area contributed by atoms with Crippen molar-refractivity contribution in [3.05, 3.63) is 66.5 Å². The normalized spacial score (nSPS) is 10.8. The van der Waals surface area contributed by atoms with Gasteiger partial charge in [-0.15, -0.1) is 0 Å². The van der Waals surface area contributed by atoms with Gasteiger partial charge in [-0.3, -0.25) is 9.20 Å². The number of nitrogens with zero attached hydrogens (tertiary/aromatic N) is 3. The molecule has 0 saturated carbocycles. The number of carbonyl (C=O) groups excluding carboxylic acids is 1. The lowest BCUT2D eigenvalue weighted by atomic mass is 10.1. The molecule has 7 heteroatoms. The van der Waals surface area contributed by atoms with Gasteiger partial charge in [-0.25, -0.2) is 9.97 Å². The summed E-state index contributed by atoms with van der Waals surface area (Å²) in [5.41, 5.74) is 4.15. The number of anilines is 1. The molecule has 0 fully saturated rings. The topological polar surface area (TPSA) is 81.7 Å². The molecule has 0 atom stereocenters. The molecule has 7 nitrogen and oxygen atoms in total. The number of ether oxygens (including phenoxy) is 1. The van der Waals surface area contributed by atoms with Gasteiger partial charge in [0.2, 0.25) is 5.88 Å². The smallest absolute Gasteiger partial charge is 0.259 e. The van der Waals surface area contributed by atoms with E-state index in [9.17, 15) is 4.79 Å². The fraction of sp³-hybridized carbons (Fsp3) is 0.105. The predicted molar refractivity (Wildman–Crippen MR) is 96.4 cm³/mol.